The zero-order chi connectivity index (χ0) is 17.6. The largest absolute Gasteiger partial charge is 0.493 e. The van der Waals surface area contributed by atoms with Crippen LogP contribution in [0, 0.1) is 5.82 Å². The lowest BCUT2D eigenvalue weighted by atomic mass is 10.2. The number of rotatable bonds is 4. The van der Waals surface area contributed by atoms with Crippen LogP contribution in [0.15, 0.2) is 41.5 Å². The van der Waals surface area contributed by atoms with Crippen molar-refractivity contribution in [2.24, 2.45) is 5.10 Å². The number of anilines is 1. The summed E-state index contributed by atoms with van der Waals surface area (Å²) in [5, 5.41) is 7.26. The number of hydrogen-bond acceptors (Lipinski definition) is 5. The Bertz CT molecular complexity index is 779. The lowest BCUT2D eigenvalue weighted by Crippen LogP contribution is -2.23. The van der Waals surface area contributed by atoms with Crippen molar-refractivity contribution in [1.82, 2.24) is 5.43 Å². The normalized spacial score (nSPS) is 12.7. The zero-order valence-corrected chi connectivity index (χ0v) is 14.2. The third kappa shape index (κ3) is 4.36. The Hall–Kier alpha value is -2.87. The summed E-state index contributed by atoms with van der Waals surface area (Å²) >= 11 is 5.13. The van der Waals surface area contributed by atoms with Crippen molar-refractivity contribution in [2.45, 2.75) is 0 Å². The zero-order valence-electron chi connectivity index (χ0n) is 13.4. The average molecular weight is 361 g/mol. The molecule has 2 N–H and O–H groups in total. The van der Waals surface area contributed by atoms with Crippen LogP contribution >= 0.6 is 12.2 Å². The van der Waals surface area contributed by atoms with Crippen LogP contribution in [-0.4, -0.2) is 31.7 Å². The van der Waals surface area contributed by atoms with Gasteiger partial charge in [0.05, 0.1) is 13.3 Å². The molecule has 0 spiro atoms. The number of benzene rings is 2. The minimum atomic E-state index is -0.310. The van der Waals surface area contributed by atoms with Crippen molar-refractivity contribution in [2.75, 3.05) is 25.6 Å². The molecule has 1 aliphatic heterocycles. The van der Waals surface area contributed by atoms with Gasteiger partial charge in [0.15, 0.2) is 16.6 Å². The number of hydrazone groups is 1. The highest BCUT2D eigenvalue weighted by molar-refractivity contribution is 7.80. The molecule has 0 amide bonds. The standard InChI is InChI=1S/C17H16FN3O3S/c1-22-14-8-11(9-15-16(14)24-7-6-23-15)10-19-21-17(25)20-13-4-2-12(18)3-5-13/h2-5,8-10H,6-7H2,1H3,(H2,20,21,25)/b19-10-. The number of ether oxygens (including phenoxy) is 3. The maximum absolute atomic E-state index is 12.9. The van der Waals surface area contributed by atoms with E-state index in [4.69, 9.17) is 26.4 Å². The van der Waals surface area contributed by atoms with Gasteiger partial charge in [0.25, 0.3) is 0 Å². The number of thiocarbonyl (C=S) groups is 1. The van der Waals surface area contributed by atoms with Gasteiger partial charge >= 0.3 is 0 Å². The van der Waals surface area contributed by atoms with Gasteiger partial charge in [-0.3, -0.25) is 5.43 Å². The third-order valence-electron chi connectivity index (χ3n) is 3.33. The maximum atomic E-state index is 12.9. The van der Waals surface area contributed by atoms with Gasteiger partial charge in [0, 0.05) is 11.3 Å². The van der Waals surface area contributed by atoms with Gasteiger partial charge in [-0.2, -0.15) is 5.10 Å². The molecule has 0 radical (unpaired) electrons. The number of fused-ring (bicyclic) bond motifs is 1. The second-order valence-corrected chi connectivity index (χ2v) is 5.49. The molecule has 8 heteroatoms. The number of nitrogens with zero attached hydrogens (tertiary/aromatic N) is 1. The van der Waals surface area contributed by atoms with E-state index in [1.807, 2.05) is 0 Å². The SMILES string of the molecule is COc1cc(/C=N\NC(=S)Nc2ccc(F)cc2)cc2c1OCCO2. The topological polar surface area (TPSA) is 64.1 Å². The first kappa shape index (κ1) is 17.0. The summed E-state index contributed by atoms with van der Waals surface area (Å²) in [5.41, 5.74) is 4.12. The highest BCUT2D eigenvalue weighted by atomic mass is 32.1. The van der Waals surface area contributed by atoms with E-state index in [-0.39, 0.29) is 10.9 Å². The lowest BCUT2D eigenvalue weighted by Gasteiger charge is -2.20. The van der Waals surface area contributed by atoms with Gasteiger partial charge in [0.1, 0.15) is 19.0 Å². The van der Waals surface area contributed by atoms with Crippen molar-refractivity contribution >= 4 is 29.2 Å². The predicted molar refractivity (Wildman–Crippen MR) is 97.3 cm³/mol. The summed E-state index contributed by atoms with van der Waals surface area (Å²) < 4.78 is 29.3. The minimum Gasteiger partial charge on any atom is -0.493 e. The molecular weight excluding hydrogens is 345 g/mol. The molecule has 0 unspecified atom stereocenters. The fourth-order valence-electron chi connectivity index (χ4n) is 2.23. The van der Waals surface area contributed by atoms with Gasteiger partial charge in [-0.05, 0) is 48.6 Å². The minimum absolute atomic E-state index is 0.285. The van der Waals surface area contributed by atoms with Crippen molar-refractivity contribution in [3.63, 3.8) is 0 Å². The van der Waals surface area contributed by atoms with E-state index in [0.717, 1.165) is 5.56 Å². The van der Waals surface area contributed by atoms with Crippen LogP contribution in [0.1, 0.15) is 5.56 Å². The molecule has 1 aliphatic rings. The van der Waals surface area contributed by atoms with E-state index in [2.05, 4.69) is 15.8 Å². The molecule has 0 saturated carbocycles. The van der Waals surface area contributed by atoms with Gasteiger partial charge in [-0.1, -0.05) is 0 Å². The van der Waals surface area contributed by atoms with Gasteiger partial charge < -0.3 is 19.5 Å². The van der Waals surface area contributed by atoms with Crippen LogP contribution in [0.2, 0.25) is 0 Å². The summed E-state index contributed by atoms with van der Waals surface area (Å²) in [6.45, 7) is 0.975. The molecule has 2 aromatic rings. The number of methoxy groups -OCH3 is 1. The smallest absolute Gasteiger partial charge is 0.203 e. The van der Waals surface area contributed by atoms with Gasteiger partial charge in [0.2, 0.25) is 5.75 Å². The Balaban J connectivity index is 1.63. The number of halogens is 1. The molecule has 0 aromatic heterocycles. The fraction of sp³-hybridized carbons (Fsp3) is 0.176. The van der Waals surface area contributed by atoms with Crippen LogP contribution in [-0.2, 0) is 0 Å². The Labute approximate surface area is 149 Å². The van der Waals surface area contributed by atoms with Crippen LogP contribution in [0.3, 0.4) is 0 Å². The molecular formula is C17H16FN3O3S. The maximum Gasteiger partial charge on any atom is 0.203 e. The Morgan fingerprint density at radius 3 is 2.76 bits per heavy atom. The summed E-state index contributed by atoms with van der Waals surface area (Å²) in [6, 6.07) is 9.44. The van der Waals surface area contributed by atoms with Gasteiger partial charge in [-0.25, -0.2) is 4.39 Å². The van der Waals surface area contributed by atoms with Crippen LogP contribution in [0.25, 0.3) is 0 Å². The molecule has 3 rings (SSSR count). The number of nitrogens with one attached hydrogen (secondary N) is 2. The number of hydrogen-bond donors (Lipinski definition) is 2. The molecule has 0 aliphatic carbocycles. The molecule has 2 aromatic carbocycles. The highest BCUT2D eigenvalue weighted by Gasteiger charge is 2.17. The van der Waals surface area contributed by atoms with Crippen molar-refractivity contribution in [1.29, 1.82) is 0 Å². The molecule has 1 heterocycles. The Morgan fingerprint density at radius 2 is 2.00 bits per heavy atom. The van der Waals surface area contributed by atoms with E-state index in [9.17, 15) is 4.39 Å². The average Bonchev–Trinajstić information content (AvgIpc) is 2.63. The van der Waals surface area contributed by atoms with E-state index in [1.165, 1.54) is 12.1 Å². The van der Waals surface area contributed by atoms with E-state index >= 15 is 0 Å². The summed E-state index contributed by atoms with van der Waals surface area (Å²) in [4.78, 5) is 0. The molecule has 6 nitrogen and oxygen atoms in total. The second kappa shape index (κ2) is 7.80. The van der Waals surface area contributed by atoms with Crippen molar-refractivity contribution in [3.8, 4) is 17.2 Å². The van der Waals surface area contributed by atoms with Crippen molar-refractivity contribution < 1.29 is 18.6 Å². The summed E-state index contributed by atoms with van der Waals surface area (Å²) in [7, 11) is 1.56. The first-order valence-corrected chi connectivity index (χ1v) is 7.90. The third-order valence-corrected chi connectivity index (χ3v) is 3.53. The van der Waals surface area contributed by atoms with Crippen LogP contribution < -0.4 is 25.0 Å². The lowest BCUT2D eigenvalue weighted by molar-refractivity contribution is 0.165. The first-order chi connectivity index (χ1) is 12.2. The molecule has 130 valence electrons. The van der Waals surface area contributed by atoms with E-state index in [1.54, 1.807) is 37.6 Å². The molecule has 0 fully saturated rings. The van der Waals surface area contributed by atoms with Crippen molar-refractivity contribution in [3.05, 3.63) is 47.8 Å². The molecule has 25 heavy (non-hydrogen) atoms. The van der Waals surface area contributed by atoms with E-state index in [0.29, 0.717) is 36.1 Å². The Morgan fingerprint density at radius 1 is 1.24 bits per heavy atom. The molecule has 0 saturated heterocycles. The predicted octanol–water partition coefficient (Wildman–Crippen LogP) is 2.93. The summed E-state index contributed by atoms with van der Waals surface area (Å²) in [5.74, 6) is 1.46. The quantitative estimate of drug-likeness (QED) is 0.496. The first-order valence-electron chi connectivity index (χ1n) is 7.49. The highest BCUT2D eigenvalue weighted by Crippen LogP contribution is 2.39. The molecule has 0 bridgehead atoms. The Kier molecular flexibility index (Phi) is 5.30. The fourth-order valence-corrected chi connectivity index (χ4v) is 2.40. The van der Waals surface area contributed by atoms with E-state index < -0.39 is 0 Å². The second-order valence-electron chi connectivity index (χ2n) is 5.08. The van der Waals surface area contributed by atoms with Crippen LogP contribution in [0.5, 0.6) is 17.2 Å². The van der Waals surface area contributed by atoms with Gasteiger partial charge in [-0.15, -0.1) is 0 Å². The molecule has 0 atom stereocenters. The summed E-state index contributed by atoms with van der Waals surface area (Å²) in [6.07, 6.45) is 1.58. The monoisotopic (exact) mass is 361 g/mol. The van der Waals surface area contributed by atoms with Crippen LogP contribution in [0.4, 0.5) is 10.1 Å².